The van der Waals surface area contributed by atoms with Crippen LogP contribution in [0.15, 0.2) is 17.1 Å². The number of nitrogens with two attached hydrogens (primary N) is 1. The zero-order chi connectivity index (χ0) is 17.7. The van der Waals surface area contributed by atoms with Crippen LogP contribution in [0.4, 0.5) is 5.82 Å². The van der Waals surface area contributed by atoms with Crippen LogP contribution in [-0.2, 0) is 19.0 Å². The van der Waals surface area contributed by atoms with Crippen LogP contribution in [0.5, 0.6) is 0 Å². The molecule has 0 radical (unpaired) electrons. The Morgan fingerprint density at radius 1 is 1.54 bits per heavy atom. The number of carbonyl (C=O) groups is 1. The minimum absolute atomic E-state index is 0.0167. The predicted octanol–water partition coefficient (Wildman–Crippen LogP) is -1.59. The molecule has 1 aromatic rings. The van der Waals surface area contributed by atoms with Crippen LogP contribution >= 0.6 is 0 Å². The summed E-state index contributed by atoms with van der Waals surface area (Å²) in [5, 5.41) is 19.5. The van der Waals surface area contributed by atoms with Crippen molar-refractivity contribution in [2.24, 2.45) is 0 Å². The molecule has 2 heterocycles. The average Bonchev–Trinajstić information content (AvgIpc) is 2.83. The number of nitrogens with zero attached hydrogens (tertiary/aromatic N) is 2. The third-order valence-electron chi connectivity index (χ3n) is 3.56. The van der Waals surface area contributed by atoms with Gasteiger partial charge < -0.3 is 30.2 Å². The van der Waals surface area contributed by atoms with Gasteiger partial charge >= 0.3 is 5.69 Å². The number of Topliss-reactive ketones (excluding diaryl/α,β-unsaturated/α-hetero) is 1. The number of rotatable bonds is 8. The number of nitrogen functional groups attached to an aromatic ring is 1. The molecule has 1 aliphatic rings. The van der Waals surface area contributed by atoms with E-state index < -0.39 is 36.8 Å². The van der Waals surface area contributed by atoms with Crippen LogP contribution in [0.2, 0.25) is 0 Å². The fraction of sp³-hybridized carbons (Fsp3) is 0.643. The molecule has 24 heavy (non-hydrogen) atoms. The zero-order valence-corrected chi connectivity index (χ0v) is 13.2. The van der Waals surface area contributed by atoms with Gasteiger partial charge in [0.15, 0.2) is 6.23 Å². The van der Waals surface area contributed by atoms with Gasteiger partial charge in [-0.1, -0.05) is 0 Å². The molecule has 1 fully saturated rings. The highest BCUT2D eigenvalue weighted by Crippen LogP contribution is 2.30. The molecular formula is C14H21N3O7. The number of ketones is 1. The summed E-state index contributed by atoms with van der Waals surface area (Å²) < 4.78 is 17.2. The molecule has 0 aliphatic carbocycles. The number of aromatic nitrogens is 2. The number of aliphatic hydroxyl groups is 2. The van der Waals surface area contributed by atoms with Crippen molar-refractivity contribution in [2.75, 3.05) is 25.7 Å². The van der Waals surface area contributed by atoms with Crippen molar-refractivity contribution < 1.29 is 29.2 Å². The highest BCUT2D eigenvalue weighted by molar-refractivity contribution is 5.75. The van der Waals surface area contributed by atoms with Gasteiger partial charge in [0.05, 0.1) is 13.2 Å². The van der Waals surface area contributed by atoms with Gasteiger partial charge in [-0.2, -0.15) is 4.98 Å². The molecule has 0 amide bonds. The summed E-state index contributed by atoms with van der Waals surface area (Å²) in [6, 6.07) is 1.41. The number of aliphatic hydroxyl groups excluding tert-OH is 2. The monoisotopic (exact) mass is 343 g/mol. The Hall–Kier alpha value is -1.85. The van der Waals surface area contributed by atoms with E-state index in [9.17, 15) is 19.8 Å². The minimum atomic E-state index is -1.17. The van der Waals surface area contributed by atoms with E-state index in [4.69, 9.17) is 19.9 Å². The highest BCUT2D eigenvalue weighted by Gasteiger charge is 2.45. The second kappa shape index (κ2) is 8.31. The van der Waals surface area contributed by atoms with Crippen molar-refractivity contribution in [3.8, 4) is 0 Å². The number of hydrogen-bond acceptors (Lipinski definition) is 9. The van der Waals surface area contributed by atoms with Gasteiger partial charge in [0.25, 0.3) is 0 Å². The van der Waals surface area contributed by atoms with E-state index in [-0.39, 0.29) is 31.4 Å². The number of carbonyl (C=O) groups excluding carboxylic acids is 1. The fourth-order valence-corrected chi connectivity index (χ4v) is 2.29. The lowest BCUT2D eigenvalue weighted by Gasteiger charge is -2.22. The van der Waals surface area contributed by atoms with Crippen LogP contribution in [-0.4, -0.2) is 63.9 Å². The normalized spacial score (nSPS) is 26.6. The van der Waals surface area contributed by atoms with Gasteiger partial charge in [-0.25, -0.2) is 4.79 Å². The smallest absolute Gasteiger partial charge is 0.351 e. The third kappa shape index (κ3) is 4.36. The van der Waals surface area contributed by atoms with Crippen molar-refractivity contribution in [2.45, 2.75) is 37.9 Å². The molecule has 1 unspecified atom stereocenters. The van der Waals surface area contributed by atoms with Crippen LogP contribution in [0.1, 0.15) is 19.6 Å². The lowest BCUT2D eigenvalue weighted by Crippen LogP contribution is -2.38. The molecule has 0 spiro atoms. The van der Waals surface area contributed by atoms with Crippen molar-refractivity contribution in [3.63, 3.8) is 0 Å². The molecule has 1 aliphatic heterocycles. The van der Waals surface area contributed by atoms with Crippen molar-refractivity contribution >= 4 is 11.6 Å². The van der Waals surface area contributed by atoms with Gasteiger partial charge in [-0.15, -0.1) is 0 Å². The highest BCUT2D eigenvalue weighted by atomic mass is 16.7. The second-order valence-electron chi connectivity index (χ2n) is 5.39. The molecule has 2 rings (SSSR count). The number of hydrogen-bond donors (Lipinski definition) is 3. The molecule has 0 aromatic carbocycles. The summed E-state index contributed by atoms with van der Waals surface area (Å²) in [5.74, 6) is 0.0375. The van der Waals surface area contributed by atoms with Gasteiger partial charge in [-0.3, -0.25) is 9.36 Å². The summed E-state index contributed by atoms with van der Waals surface area (Å²) in [7, 11) is 0. The first-order valence-electron chi connectivity index (χ1n) is 7.42. The van der Waals surface area contributed by atoms with Crippen LogP contribution in [0, 0.1) is 0 Å². The molecule has 4 atom stereocenters. The average molecular weight is 343 g/mol. The molecular weight excluding hydrogens is 322 g/mol. The topological polar surface area (TPSA) is 146 Å². The lowest BCUT2D eigenvalue weighted by atomic mass is 10.1. The van der Waals surface area contributed by atoms with E-state index in [0.29, 0.717) is 0 Å². The largest absolute Gasteiger partial charge is 0.394 e. The maximum atomic E-state index is 11.9. The SMILES string of the molecule is CC(=O)CCOCO[C@H]1C(O)[C@@H](CO)O[C@H]1n1ccc(N)nc1=O. The quantitative estimate of drug-likeness (QED) is 0.375. The standard InChI is InChI=1S/C14H21N3O7/c1-8(19)3-5-22-7-23-12-11(20)9(6-18)24-13(12)17-4-2-10(15)16-14(17)21/h2,4,9,11-13,18,20H,3,5-7H2,1H3,(H2,15,16,21)/t9-,11?,12+,13-/m1/s1. The maximum absolute atomic E-state index is 11.9. The van der Waals surface area contributed by atoms with Gasteiger partial charge in [0.1, 0.15) is 36.7 Å². The van der Waals surface area contributed by atoms with E-state index in [1.807, 2.05) is 0 Å². The molecule has 0 bridgehead atoms. The first-order valence-corrected chi connectivity index (χ1v) is 7.42. The molecule has 4 N–H and O–H groups in total. The van der Waals surface area contributed by atoms with Gasteiger partial charge in [-0.05, 0) is 13.0 Å². The van der Waals surface area contributed by atoms with Crippen molar-refractivity contribution in [3.05, 3.63) is 22.7 Å². The Morgan fingerprint density at radius 3 is 2.92 bits per heavy atom. The lowest BCUT2D eigenvalue weighted by molar-refractivity contribution is -0.142. The minimum Gasteiger partial charge on any atom is -0.394 e. The van der Waals surface area contributed by atoms with Crippen LogP contribution in [0.3, 0.4) is 0 Å². The van der Waals surface area contributed by atoms with E-state index in [1.54, 1.807) is 0 Å². The summed E-state index contributed by atoms with van der Waals surface area (Å²) >= 11 is 0. The van der Waals surface area contributed by atoms with Gasteiger partial charge in [0, 0.05) is 12.6 Å². The molecule has 134 valence electrons. The molecule has 1 saturated heterocycles. The zero-order valence-electron chi connectivity index (χ0n) is 13.2. The van der Waals surface area contributed by atoms with Crippen LogP contribution in [0.25, 0.3) is 0 Å². The Kier molecular flexibility index (Phi) is 6.40. The predicted molar refractivity (Wildman–Crippen MR) is 80.9 cm³/mol. The van der Waals surface area contributed by atoms with E-state index in [2.05, 4.69) is 4.98 Å². The Labute approximate surface area is 137 Å². The maximum Gasteiger partial charge on any atom is 0.351 e. The van der Waals surface area contributed by atoms with E-state index in [0.717, 1.165) is 4.57 Å². The molecule has 10 nitrogen and oxygen atoms in total. The Bertz CT molecular complexity index is 621. The van der Waals surface area contributed by atoms with Crippen molar-refractivity contribution in [1.82, 2.24) is 9.55 Å². The number of ether oxygens (including phenoxy) is 3. The first-order chi connectivity index (χ1) is 11.4. The summed E-state index contributed by atoms with van der Waals surface area (Å²) in [6.45, 7) is 0.974. The molecule has 1 aromatic heterocycles. The van der Waals surface area contributed by atoms with E-state index >= 15 is 0 Å². The summed E-state index contributed by atoms with van der Waals surface area (Å²) in [6.07, 6.45) is -2.41. The Morgan fingerprint density at radius 2 is 2.29 bits per heavy atom. The summed E-state index contributed by atoms with van der Waals surface area (Å²) in [5.41, 5.74) is 4.78. The Balaban J connectivity index is 2.06. The first kappa shape index (κ1) is 18.5. The van der Waals surface area contributed by atoms with Crippen LogP contribution < -0.4 is 11.4 Å². The van der Waals surface area contributed by atoms with Crippen molar-refractivity contribution in [1.29, 1.82) is 0 Å². The van der Waals surface area contributed by atoms with E-state index in [1.165, 1.54) is 19.2 Å². The fourth-order valence-electron chi connectivity index (χ4n) is 2.29. The summed E-state index contributed by atoms with van der Waals surface area (Å²) in [4.78, 5) is 26.4. The third-order valence-corrected chi connectivity index (χ3v) is 3.56. The molecule has 10 heteroatoms. The van der Waals surface area contributed by atoms with Gasteiger partial charge in [0.2, 0.25) is 0 Å². The molecule has 0 saturated carbocycles. The number of anilines is 1. The second-order valence-corrected chi connectivity index (χ2v) is 5.39.